The van der Waals surface area contributed by atoms with Crippen molar-refractivity contribution in [2.24, 2.45) is 11.5 Å². The van der Waals surface area contributed by atoms with Crippen LogP contribution in [0.3, 0.4) is 0 Å². The predicted molar refractivity (Wildman–Crippen MR) is 222 cm³/mol. The highest BCUT2D eigenvalue weighted by Gasteiger charge is 2.29. The summed E-state index contributed by atoms with van der Waals surface area (Å²) in [6.45, 7) is 5.54. The molecule has 15 heteroatoms. The lowest BCUT2D eigenvalue weighted by Crippen LogP contribution is -2.33. The van der Waals surface area contributed by atoms with Crippen molar-refractivity contribution in [1.29, 1.82) is 0 Å². The number of hydrogen-bond acceptors (Lipinski definition) is 13. The fourth-order valence-electron chi connectivity index (χ4n) is 6.00. The van der Waals surface area contributed by atoms with E-state index in [0.29, 0.717) is 12.8 Å². The Morgan fingerprint density at radius 2 is 0.789 bits per heavy atom. The molecular weight excluding hydrogens is 755 g/mol. The van der Waals surface area contributed by atoms with Crippen LogP contribution in [0.25, 0.3) is 0 Å². The summed E-state index contributed by atoms with van der Waals surface area (Å²) in [5.41, 5.74) is 11.3. The van der Waals surface area contributed by atoms with Gasteiger partial charge in [0.05, 0.1) is 26.1 Å². The van der Waals surface area contributed by atoms with Gasteiger partial charge in [0.25, 0.3) is 0 Å². The topological polar surface area (TPSA) is 213 Å². The molecule has 5 atom stereocenters. The molecule has 3 unspecified atom stereocenters. The summed E-state index contributed by atoms with van der Waals surface area (Å²) in [6, 6.07) is -0.986. The highest BCUT2D eigenvalue weighted by molar-refractivity contribution is 7.47. The van der Waals surface area contributed by atoms with Crippen LogP contribution in [0.15, 0.2) is 0 Å². The molecule has 0 aromatic rings. The Labute approximate surface area is 344 Å². The van der Waals surface area contributed by atoms with E-state index in [0.717, 1.165) is 38.5 Å². The molecule has 5 N–H and O–H groups in total. The highest BCUT2D eigenvalue weighted by atomic mass is 31.2. The van der Waals surface area contributed by atoms with E-state index in [1.165, 1.54) is 89.9 Å². The van der Waals surface area contributed by atoms with Gasteiger partial charge in [0.1, 0.15) is 13.2 Å². The zero-order chi connectivity index (χ0) is 42.6. The molecule has 0 spiro atoms. The average Bonchev–Trinajstić information content (AvgIpc) is 3.14. The number of ether oxygens (including phenoxy) is 4. The van der Waals surface area contributed by atoms with E-state index in [2.05, 4.69) is 13.8 Å². The van der Waals surface area contributed by atoms with Gasteiger partial charge in [-0.15, -0.1) is 0 Å². The van der Waals surface area contributed by atoms with Crippen molar-refractivity contribution in [2.75, 3.05) is 26.4 Å². The van der Waals surface area contributed by atoms with E-state index >= 15 is 0 Å². The van der Waals surface area contributed by atoms with Gasteiger partial charge >= 0.3 is 31.7 Å². The molecule has 0 amide bonds. The third-order valence-corrected chi connectivity index (χ3v) is 10.2. The summed E-state index contributed by atoms with van der Waals surface area (Å²) in [5.74, 6) is -2.38. The summed E-state index contributed by atoms with van der Waals surface area (Å²) < 4.78 is 44.4. The fourth-order valence-corrected chi connectivity index (χ4v) is 6.78. The molecule has 336 valence electrons. The molecule has 57 heavy (non-hydrogen) atoms. The van der Waals surface area contributed by atoms with Gasteiger partial charge in [-0.25, -0.2) is 4.57 Å². The number of phosphoric ester groups is 1. The van der Waals surface area contributed by atoms with E-state index in [1.54, 1.807) is 13.8 Å². The summed E-state index contributed by atoms with van der Waals surface area (Å²) in [5, 5.41) is 0. The lowest BCUT2D eigenvalue weighted by Gasteiger charge is -2.22. The zero-order valence-corrected chi connectivity index (χ0v) is 37.0. The highest BCUT2D eigenvalue weighted by Crippen LogP contribution is 2.43. The number of nitrogens with two attached hydrogens (primary N) is 2. The second kappa shape index (κ2) is 36.9. The standard InChI is InChI=1S/C42H81N2O12P/c1-5-7-9-11-13-15-17-19-21-23-25-27-39(45)51-31-37(55-40(46)28-26-24-22-20-18-16-14-12-10-8-6-2)33-53-57(49,50)54-34-38(56-42(48)30-36(4)44)32-52-41(47)29-35(3)43/h35-38H,5-34,43-44H2,1-4H3,(H,49,50)/t35-,36-,37?,38?/m1/s1. The van der Waals surface area contributed by atoms with Gasteiger partial charge in [0, 0.05) is 24.9 Å². The molecule has 14 nitrogen and oxygen atoms in total. The second-order valence-corrected chi connectivity index (χ2v) is 17.0. The minimum atomic E-state index is -4.83. The van der Waals surface area contributed by atoms with E-state index in [-0.39, 0.29) is 32.3 Å². The molecule has 0 heterocycles. The van der Waals surface area contributed by atoms with Gasteiger partial charge in [-0.05, 0) is 26.7 Å². The van der Waals surface area contributed by atoms with Gasteiger partial charge in [0.2, 0.25) is 0 Å². The molecule has 0 bridgehead atoms. The molecule has 0 aliphatic carbocycles. The van der Waals surface area contributed by atoms with Gasteiger partial charge in [0.15, 0.2) is 12.2 Å². The Morgan fingerprint density at radius 1 is 0.474 bits per heavy atom. The van der Waals surface area contributed by atoms with Crippen molar-refractivity contribution >= 4 is 31.7 Å². The SMILES string of the molecule is CCCCCCCCCCCCCC(=O)OCC(COP(=O)(O)OCC(COC(=O)C[C@@H](C)N)OC(=O)C[C@@H](C)N)OC(=O)CCCCCCCCCCCCC. The van der Waals surface area contributed by atoms with Crippen molar-refractivity contribution in [3.8, 4) is 0 Å². The number of esters is 4. The van der Waals surface area contributed by atoms with Crippen molar-refractivity contribution in [2.45, 2.75) is 219 Å². The van der Waals surface area contributed by atoms with E-state index < -0.39 is 75.8 Å². The van der Waals surface area contributed by atoms with Crippen LogP contribution in [0.2, 0.25) is 0 Å². The summed E-state index contributed by atoms with van der Waals surface area (Å²) >= 11 is 0. The van der Waals surface area contributed by atoms with Crippen LogP contribution in [-0.2, 0) is 51.7 Å². The quantitative estimate of drug-likeness (QED) is 0.0228. The first-order valence-corrected chi connectivity index (χ1v) is 23.6. The monoisotopic (exact) mass is 837 g/mol. The van der Waals surface area contributed by atoms with Gasteiger partial charge in [-0.2, -0.15) is 0 Å². The lowest BCUT2D eigenvalue weighted by atomic mass is 10.1. The van der Waals surface area contributed by atoms with E-state index in [1.807, 2.05) is 0 Å². The molecule has 0 aliphatic heterocycles. The number of unbranched alkanes of at least 4 members (excludes halogenated alkanes) is 20. The lowest BCUT2D eigenvalue weighted by molar-refractivity contribution is -0.162. The third kappa shape index (κ3) is 37.9. The number of carbonyl (C=O) groups is 4. The summed E-state index contributed by atoms with van der Waals surface area (Å²) in [4.78, 5) is 60.1. The van der Waals surface area contributed by atoms with Gasteiger partial charge in [-0.1, -0.05) is 142 Å². The molecule has 0 aromatic carbocycles. The van der Waals surface area contributed by atoms with E-state index in [4.69, 9.17) is 39.5 Å². The third-order valence-electron chi connectivity index (χ3n) is 9.25. The number of rotatable bonds is 40. The average molecular weight is 837 g/mol. The molecule has 0 aliphatic rings. The molecule has 0 fully saturated rings. The molecular formula is C42H81N2O12P. The minimum Gasteiger partial charge on any atom is -0.462 e. The largest absolute Gasteiger partial charge is 0.472 e. The Bertz CT molecular complexity index is 1080. The minimum absolute atomic E-state index is 0.0911. The van der Waals surface area contributed by atoms with E-state index in [9.17, 15) is 28.6 Å². The van der Waals surface area contributed by atoms with Crippen LogP contribution in [0, 0.1) is 0 Å². The molecule has 0 rings (SSSR count). The van der Waals surface area contributed by atoms with Crippen LogP contribution >= 0.6 is 7.82 Å². The van der Waals surface area contributed by atoms with Crippen molar-refractivity contribution in [3.05, 3.63) is 0 Å². The maximum atomic E-state index is 12.9. The molecule has 0 aromatic heterocycles. The normalized spacial score (nSPS) is 14.6. The first kappa shape index (κ1) is 54.9. The van der Waals surface area contributed by atoms with Crippen LogP contribution in [0.5, 0.6) is 0 Å². The van der Waals surface area contributed by atoms with Crippen LogP contribution in [-0.4, -0.2) is 79.5 Å². The Hall–Kier alpha value is -2.09. The van der Waals surface area contributed by atoms with Crippen LogP contribution in [0.1, 0.15) is 195 Å². The maximum absolute atomic E-state index is 12.9. The summed E-state index contributed by atoms with van der Waals surface area (Å²) in [6.07, 6.45) is 22.7. The molecule has 0 radical (unpaired) electrons. The van der Waals surface area contributed by atoms with Crippen LogP contribution < -0.4 is 11.5 Å². The maximum Gasteiger partial charge on any atom is 0.472 e. The Morgan fingerprint density at radius 3 is 1.18 bits per heavy atom. The Kier molecular flexibility index (Phi) is 35.6. The second-order valence-electron chi connectivity index (χ2n) is 15.6. The van der Waals surface area contributed by atoms with Crippen molar-refractivity contribution in [1.82, 2.24) is 0 Å². The number of carbonyl (C=O) groups excluding carboxylic acids is 4. The molecule has 0 saturated carbocycles. The summed E-state index contributed by atoms with van der Waals surface area (Å²) in [7, 11) is -4.83. The van der Waals surface area contributed by atoms with Crippen molar-refractivity contribution in [3.63, 3.8) is 0 Å². The first-order chi connectivity index (χ1) is 27.3. The molecule has 0 saturated heterocycles. The fraction of sp³-hybridized carbons (Fsp3) is 0.905. The smallest absolute Gasteiger partial charge is 0.462 e. The predicted octanol–water partition coefficient (Wildman–Crippen LogP) is 8.91. The number of phosphoric acid groups is 1. The van der Waals surface area contributed by atoms with Gasteiger partial charge < -0.3 is 35.3 Å². The first-order valence-electron chi connectivity index (χ1n) is 22.1. The van der Waals surface area contributed by atoms with Gasteiger partial charge in [-0.3, -0.25) is 28.2 Å². The van der Waals surface area contributed by atoms with Crippen LogP contribution in [0.4, 0.5) is 0 Å². The van der Waals surface area contributed by atoms with Crippen molar-refractivity contribution < 1.29 is 56.6 Å². The number of hydrogen-bond donors (Lipinski definition) is 3. The zero-order valence-electron chi connectivity index (χ0n) is 36.1. The Balaban J connectivity index is 5.04.